The van der Waals surface area contributed by atoms with Crippen LogP contribution >= 0.6 is 0 Å². The minimum atomic E-state index is 0.405. The Hall–Kier alpha value is -1.12. The third-order valence-corrected chi connectivity index (χ3v) is 1.12. The third-order valence-electron chi connectivity index (χ3n) is 1.12. The maximum Gasteiger partial charge on any atom is 0.195 e. The highest BCUT2D eigenvalue weighted by molar-refractivity contribution is 5.54. The average molecular weight is 112 g/mol. The largest absolute Gasteiger partial charge is 0.447 e. The van der Waals surface area contributed by atoms with Gasteiger partial charge in [0.05, 0.1) is 5.69 Å². The van der Waals surface area contributed by atoms with Crippen LogP contribution in [0.2, 0.25) is 0 Å². The van der Waals surface area contributed by atoms with E-state index in [1.807, 2.05) is 6.92 Å². The molecule has 8 heavy (non-hydrogen) atoms. The van der Waals surface area contributed by atoms with Crippen molar-refractivity contribution in [3.05, 3.63) is 11.8 Å². The first-order chi connectivity index (χ1) is 3.72. The lowest BCUT2D eigenvalue weighted by molar-refractivity contribution is 0.587. The lowest BCUT2D eigenvalue weighted by atomic mass is 10.3. The highest BCUT2D eigenvalue weighted by Gasteiger charge is 1.99. The molecular formula is C5H8N2O. The van der Waals surface area contributed by atoms with Gasteiger partial charge >= 0.3 is 0 Å². The summed E-state index contributed by atoms with van der Waals surface area (Å²) < 4.78 is 4.75. The molecule has 1 heterocycles. The Morgan fingerprint density at radius 3 is 2.25 bits per heavy atom. The molecule has 0 spiro atoms. The summed E-state index contributed by atoms with van der Waals surface area (Å²) in [6, 6.07) is 0. The van der Waals surface area contributed by atoms with Crippen LogP contribution < -0.4 is 11.5 Å². The highest BCUT2D eigenvalue weighted by Crippen LogP contribution is 2.18. The lowest BCUT2D eigenvalue weighted by Gasteiger charge is -1.84. The van der Waals surface area contributed by atoms with E-state index < -0.39 is 0 Å². The van der Waals surface area contributed by atoms with Crippen molar-refractivity contribution >= 4 is 11.6 Å². The van der Waals surface area contributed by atoms with Crippen LogP contribution in [0.4, 0.5) is 11.6 Å². The first kappa shape index (κ1) is 5.03. The molecule has 0 saturated heterocycles. The van der Waals surface area contributed by atoms with Gasteiger partial charge in [-0.05, 0) is 6.92 Å². The van der Waals surface area contributed by atoms with Crippen LogP contribution in [-0.4, -0.2) is 0 Å². The Bertz CT molecular complexity index is 173. The molecule has 1 rings (SSSR count). The fourth-order valence-electron chi connectivity index (χ4n) is 0.446. The smallest absolute Gasteiger partial charge is 0.195 e. The normalized spacial score (nSPS) is 9.62. The molecule has 0 bridgehead atoms. The first-order valence-corrected chi connectivity index (χ1v) is 2.31. The number of anilines is 2. The van der Waals surface area contributed by atoms with Gasteiger partial charge in [-0.1, -0.05) is 0 Å². The number of nitrogens with two attached hydrogens (primary N) is 2. The lowest BCUT2D eigenvalue weighted by Crippen LogP contribution is -1.86. The number of hydrogen-bond acceptors (Lipinski definition) is 3. The number of furan rings is 1. The van der Waals surface area contributed by atoms with E-state index in [-0.39, 0.29) is 0 Å². The van der Waals surface area contributed by atoms with Crippen LogP contribution in [0.15, 0.2) is 10.7 Å². The van der Waals surface area contributed by atoms with Gasteiger partial charge in [0.25, 0.3) is 0 Å². The van der Waals surface area contributed by atoms with E-state index in [0.29, 0.717) is 11.6 Å². The van der Waals surface area contributed by atoms with E-state index in [2.05, 4.69) is 0 Å². The molecule has 0 radical (unpaired) electrons. The van der Waals surface area contributed by atoms with Gasteiger partial charge in [-0.25, -0.2) is 0 Å². The highest BCUT2D eigenvalue weighted by atomic mass is 16.3. The summed E-state index contributed by atoms with van der Waals surface area (Å²) in [7, 11) is 0. The van der Waals surface area contributed by atoms with Gasteiger partial charge in [0, 0.05) is 5.56 Å². The molecule has 0 aliphatic rings. The van der Waals surface area contributed by atoms with Gasteiger partial charge in [0.15, 0.2) is 5.88 Å². The minimum Gasteiger partial charge on any atom is -0.447 e. The minimum absolute atomic E-state index is 0.405. The summed E-state index contributed by atoms with van der Waals surface area (Å²) in [5.74, 6) is 0.405. The van der Waals surface area contributed by atoms with Gasteiger partial charge in [-0.2, -0.15) is 0 Å². The van der Waals surface area contributed by atoms with Crippen LogP contribution in [0.1, 0.15) is 5.56 Å². The molecule has 0 aliphatic carbocycles. The second kappa shape index (κ2) is 1.43. The van der Waals surface area contributed by atoms with Crippen LogP contribution in [0, 0.1) is 6.92 Å². The van der Waals surface area contributed by atoms with E-state index >= 15 is 0 Å². The zero-order chi connectivity index (χ0) is 6.15. The molecule has 4 N–H and O–H groups in total. The first-order valence-electron chi connectivity index (χ1n) is 2.31. The van der Waals surface area contributed by atoms with E-state index in [4.69, 9.17) is 15.9 Å². The Labute approximate surface area is 47.3 Å². The van der Waals surface area contributed by atoms with Crippen molar-refractivity contribution in [3.63, 3.8) is 0 Å². The second-order valence-corrected chi connectivity index (χ2v) is 1.68. The van der Waals surface area contributed by atoms with Crippen molar-refractivity contribution in [1.29, 1.82) is 0 Å². The quantitative estimate of drug-likeness (QED) is 0.520. The zero-order valence-corrected chi connectivity index (χ0v) is 4.64. The van der Waals surface area contributed by atoms with Gasteiger partial charge in [-0.3, -0.25) is 0 Å². The van der Waals surface area contributed by atoms with Gasteiger partial charge in [-0.15, -0.1) is 0 Å². The van der Waals surface area contributed by atoms with Gasteiger partial charge < -0.3 is 15.9 Å². The van der Waals surface area contributed by atoms with Crippen molar-refractivity contribution in [2.45, 2.75) is 6.92 Å². The monoisotopic (exact) mass is 112 g/mol. The Morgan fingerprint density at radius 1 is 1.50 bits per heavy atom. The molecule has 0 unspecified atom stereocenters. The Balaban J connectivity index is 3.19. The summed E-state index contributed by atoms with van der Waals surface area (Å²) >= 11 is 0. The predicted molar refractivity (Wildman–Crippen MR) is 32.3 cm³/mol. The van der Waals surface area contributed by atoms with Crippen molar-refractivity contribution in [2.75, 3.05) is 11.5 Å². The van der Waals surface area contributed by atoms with Crippen molar-refractivity contribution in [1.82, 2.24) is 0 Å². The van der Waals surface area contributed by atoms with Gasteiger partial charge in [0.1, 0.15) is 6.26 Å². The molecule has 0 aliphatic heterocycles. The SMILES string of the molecule is Cc1c(N)coc1N. The topological polar surface area (TPSA) is 65.2 Å². The summed E-state index contributed by atoms with van der Waals surface area (Å²) in [5, 5.41) is 0. The molecule has 0 atom stereocenters. The van der Waals surface area contributed by atoms with Gasteiger partial charge in [0.2, 0.25) is 0 Å². The van der Waals surface area contributed by atoms with E-state index in [9.17, 15) is 0 Å². The van der Waals surface area contributed by atoms with Crippen LogP contribution in [0.3, 0.4) is 0 Å². The van der Waals surface area contributed by atoms with E-state index in [1.165, 1.54) is 6.26 Å². The summed E-state index contributed by atoms with van der Waals surface area (Å²) in [6.45, 7) is 1.81. The molecule has 0 fully saturated rings. The van der Waals surface area contributed by atoms with Crippen LogP contribution in [0.5, 0.6) is 0 Å². The molecule has 1 aromatic heterocycles. The molecule has 1 aromatic rings. The second-order valence-electron chi connectivity index (χ2n) is 1.68. The summed E-state index contributed by atoms with van der Waals surface area (Å²) in [4.78, 5) is 0. The molecule has 44 valence electrons. The molecule has 0 amide bonds. The average Bonchev–Trinajstić information content (AvgIpc) is 1.98. The predicted octanol–water partition coefficient (Wildman–Crippen LogP) is 0.752. The van der Waals surface area contributed by atoms with E-state index in [0.717, 1.165) is 5.56 Å². The molecule has 3 heteroatoms. The van der Waals surface area contributed by atoms with Crippen LogP contribution in [0.25, 0.3) is 0 Å². The molecule has 3 nitrogen and oxygen atoms in total. The Kier molecular flexibility index (Phi) is 0.901. The number of rotatable bonds is 0. The van der Waals surface area contributed by atoms with E-state index in [1.54, 1.807) is 0 Å². The summed E-state index contributed by atoms with van der Waals surface area (Å²) in [6.07, 6.45) is 1.44. The maximum absolute atomic E-state index is 5.37. The van der Waals surface area contributed by atoms with Crippen molar-refractivity contribution < 1.29 is 4.42 Å². The summed E-state index contributed by atoms with van der Waals surface area (Å²) in [5.41, 5.74) is 12.1. The molecule has 0 aromatic carbocycles. The maximum atomic E-state index is 5.37. The van der Waals surface area contributed by atoms with Crippen molar-refractivity contribution in [3.8, 4) is 0 Å². The fourth-order valence-corrected chi connectivity index (χ4v) is 0.446. The Morgan fingerprint density at radius 2 is 2.12 bits per heavy atom. The van der Waals surface area contributed by atoms with Crippen LogP contribution in [-0.2, 0) is 0 Å². The number of nitrogen functional groups attached to an aromatic ring is 2. The molecule has 0 saturated carbocycles. The standard InChI is InChI=1S/C5H8N2O/c1-3-4(6)2-8-5(3)7/h2H,6-7H2,1H3. The van der Waals surface area contributed by atoms with Crippen molar-refractivity contribution in [2.24, 2.45) is 0 Å². The fraction of sp³-hybridized carbons (Fsp3) is 0.200. The zero-order valence-electron chi connectivity index (χ0n) is 4.64. The third kappa shape index (κ3) is 0.521. The molecular weight excluding hydrogens is 104 g/mol. The number of hydrogen-bond donors (Lipinski definition) is 2.